The van der Waals surface area contributed by atoms with Crippen LogP contribution in [0.15, 0.2) is 0 Å². The number of hydrogen-bond donors (Lipinski definition) is 4. The molecule has 0 saturated carbocycles. The van der Waals surface area contributed by atoms with Gasteiger partial charge in [-0.15, -0.1) is 0 Å². The summed E-state index contributed by atoms with van der Waals surface area (Å²) >= 11 is -10.1. The molecule has 324 valence electrons. The summed E-state index contributed by atoms with van der Waals surface area (Å²) in [6, 6.07) is 0. The van der Waals surface area contributed by atoms with Gasteiger partial charge in [0.1, 0.15) is 0 Å². The first-order valence-electron chi connectivity index (χ1n) is 21.8. The number of aliphatic hydroxyl groups excluding tert-OH is 4. The number of ether oxygens (including phenoxy) is 4. The molecule has 0 aromatic heterocycles. The van der Waals surface area contributed by atoms with Crippen molar-refractivity contribution in [2.24, 2.45) is 0 Å². The Morgan fingerprint density at radius 3 is 0.642 bits per heavy atom. The van der Waals surface area contributed by atoms with Crippen molar-refractivity contribution >= 4 is 0 Å². The third-order valence-corrected chi connectivity index (χ3v) is 48.3. The van der Waals surface area contributed by atoms with E-state index in [1.165, 1.54) is 0 Å². The van der Waals surface area contributed by atoms with E-state index < -0.39 is 57.8 Å². The molecule has 0 saturated heterocycles. The summed E-state index contributed by atoms with van der Waals surface area (Å²) in [5.41, 5.74) is 0. The molecule has 0 aromatic rings. The molecule has 0 rings (SSSR count). The van der Waals surface area contributed by atoms with Gasteiger partial charge in [0.25, 0.3) is 0 Å². The molecule has 0 bridgehead atoms. The summed E-state index contributed by atoms with van der Waals surface area (Å²) in [5, 5.41) is 55.1. The standard InChI is InChI=1S/4C6H13O2.4C4H9O.Zr/c4*1-2-3-5-8-6-4-7;4*1-2-3-4-5;/h4*4,7H,2-3,5-6H2,1H3;4*2-4H2,1H3;/q;;;;4*-1;+4. The molecule has 0 amide bonds. The van der Waals surface area contributed by atoms with Crippen LogP contribution in [-0.4, -0.2) is 115 Å². The predicted octanol–water partition coefficient (Wildman–Crippen LogP) is 7.75. The Morgan fingerprint density at radius 2 is 0.472 bits per heavy atom. The zero-order valence-corrected chi connectivity index (χ0v) is 38.1. The number of unbranched alkanes of at least 4 members (excludes halogenated alkanes) is 8. The molecular weight excluding hydrogens is 764 g/mol. The van der Waals surface area contributed by atoms with Crippen molar-refractivity contribution in [1.29, 1.82) is 0 Å². The van der Waals surface area contributed by atoms with Crippen molar-refractivity contribution in [2.45, 2.75) is 173 Å². The zero-order chi connectivity index (χ0) is 40.1. The van der Waals surface area contributed by atoms with Gasteiger partial charge in [-0.3, -0.25) is 0 Å². The molecule has 0 fully saturated rings. The molecule has 0 heterocycles. The second-order valence-electron chi connectivity index (χ2n) is 16.0. The maximum atomic E-state index is 13.8. The van der Waals surface area contributed by atoms with E-state index in [9.17, 15) is 20.4 Å². The van der Waals surface area contributed by atoms with E-state index in [2.05, 4.69) is 0 Å². The Morgan fingerprint density at radius 1 is 0.302 bits per heavy atom. The fourth-order valence-electron chi connectivity index (χ4n) is 8.32. The average Bonchev–Trinajstić information content (AvgIpc) is 3.16. The Kier molecular flexibility index (Phi) is 23.9. The van der Waals surface area contributed by atoms with Crippen LogP contribution in [0, 0.1) is 0 Å². The molecule has 4 N–H and O–H groups in total. The Balaban J connectivity index is 9.45. The summed E-state index contributed by atoms with van der Waals surface area (Å²) in [6.07, 6.45) is 10.1. The van der Waals surface area contributed by atoms with Crippen LogP contribution in [0.3, 0.4) is 0 Å². The summed E-state index contributed by atoms with van der Waals surface area (Å²) in [6.45, 7) is 14.0. The van der Waals surface area contributed by atoms with E-state index in [1.54, 1.807) is 0 Å². The van der Waals surface area contributed by atoms with Crippen molar-refractivity contribution in [3.8, 4) is 0 Å². The fraction of sp³-hybridized carbons (Fsp3) is 1.00. The molecule has 0 radical (unpaired) electrons. The minimum atomic E-state index is -10.1. The molecule has 0 spiro atoms. The van der Waals surface area contributed by atoms with Crippen molar-refractivity contribution in [3.05, 3.63) is 0 Å². The molecule has 4 atom stereocenters. The van der Waals surface area contributed by atoms with Crippen molar-refractivity contribution in [1.82, 2.24) is 0 Å². The van der Waals surface area contributed by atoms with E-state index in [0.29, 0.717) is 77.0 Å². The molecular formula is C40H88O12Zr. The third-order valence-electron chi connectivity index (χ3n) is 12.6. The van der Waals surface area contributed by atoms with Gasteiger partial charge in [0.15, 0.2) is 0 Å². The zero-order valence-electron chi connectivity index (χ0n) is 35.7. The van der Waals surface area contributed by atoms with Gasteiger partial charge in [0.05, 0.1) is 0 Å². The Hall–Kier alpha value is 0.403. The number of aliphatic hydroxyl groups is 4. The molecule has 13 heteroatoms. The molecule has 0 aliphatic carbocycles. The fourth-order valence-corrected chi connectivity index (χ4v) is 38.8. The second kappa shape index (κ2) is 23.7. The van der Waals surface area contributed by atoms with E-state index >= 15 is 0 Å². The summed E-state index contributed by atoms with van der Waals surface area (Å²) in [5.74, 6) is 0. The average molecular weight is 852 g/mol. The van der Waals surface area contributed by atoms with Crippen LogP contribution in [0.1, 0.15) is 158 Å². The monoisotopic (exact) mass is 851 g/mol. The number of rotatable bonds is 40. The maximum absolute atomic E-state index is 13.8. The van der Waals surface area contributed by atoms with E-state index in [-0.39, 0.29) is 52.9 Å². The molecule has 0 aliphatic heterocycles. The van der Waals surface area contributed by atoms with Gasteiger partial charge >= 0.3 is 319 Å². The van der Waals surface area contributed by atoms with Crippen LogP contribution in [0.4, 0.5) is 0 Å². The third kappa shape index (κ3) is 9.18. The van der Waals surface area contributed by atoms with Crippen molar-refractivity contribution in [2.75, 3.05) is 79.3 Å². The van der Waals surface area contributed by atoms with E-state index in [1.807, 2.05) is 55.4 Å². The van der Waals surface area contributed by atoms with Crippen LogP contribution < -0.4 is 0 Å². The van der Waals surface area contributed by atoms with E-state index in [4.69, 9.17) is 30.2 Å². The van der Waals surface area contributed by atoms with Crippen LogP contribution in [0.2, 0.25) is 0 Å². The van der Waals surface area contributed by atoms with Crippen LogP contribution >= 0.6 is 0 Å². The molecule has 4 unspecified atom stereocenters. The normalized spacial score (nSPS) is 17.7. The van der Waals surface area contributed by atoms with Gasteiger partial charge in [-0.25, -0.2) is 0 Å². The van der Waals surface area contributed by atoms with E-state index in [0.717, 1.165) is 25.7 Å². The first-order valence-corrected chi connectivity index (χ1v) is 31.4. The topological polar surface area (TPSA) is 155 Å². The van der Waals surface area contributed by atoms with Crippen LogP contribution in [0.25, 0.3) is 0 Å². The molecule has 0 aliphatic rings. The molecule has 53 heavy (non-hydrogen) atoms. The van der Waals surface area contributed by atoms with Gasteiger partial charge < -0.3 is 0 Å². The number of hydrogen-bond acceptors (Lipinski definition) is 12. The summed E-state index contributed by atoms with van der Waals surface area (Å²) in [4.78, 5) is 0. The predicted molar refractivity (Wildman–Crippen MR) is 210 cm³/mol. The molecule has 12 nitrogen and oxygen atoms in total. The van der Waals surface area contributed by atoms with Gasteiger partial charge in [-0.05, 0) is 0 Å². The van der Waals surface area contributed by atoms with Gasteiger partial charge in [0.2, 0.25) is 0 Å². The first-order chi connectivity index (χ1) is 25.4. The summed E-state index contributed by atoms with van der Waals surface area (Å²) < 4.78 is 46.4. The minimum absolute atomic E-state index is 0.206. The van der Waals surface area contributed by atoms with Gasteiger partial charge in [0, 0.05) is 0 Å². The molecule has 0 aromatic carbocycles. The van der Waals surface area contributed by atoms with Crippen LogP contribution in [0.5, 0.6) is 0 Å². The SMILES string of the molecule is CCCCOC[CH](O)[Zr]([O]CCCC)([O]CCCC)([O]CCCC)([O]CCCC)([CH](O)COCCCC)([CH](O)COCCCC)[CH](O)COCCCC. The van der Waals surface area contributed by atoms with Gasteiger partial charge in [-0.2, -0.15) is 0 Å². The first kappa shape index (κ1) is 53.4. The Bertz CT molecular complexity index is 806. The quantitative estimate of drug-likeness (QED) is 0.0446. The second-order valence-corrected chi connectivity index (χ2v) is 42.0. The van der Waals surface area contributed by atoms with Crippen molar-refractivity contribution in [3.63, 3.8) is 0 Å². The van der Waals surface area contributed by atoms with Crippen molar-refractivity contribution < 1.29 is 66.7 Å². The van der Waals surface area contributed by atoms with Crippen LogP contribution in [-0.2, 0) is 46.3 Å². The Labute approximate surface area is 318 Å². The van der Waals surface area contributed by atoms with Gasteiger partial charge in [-0.1, -0.05) is 0 Å². The summed E-state index contributed by atoms with van der Waals surface area (Å²) in [7, 11) is 0.